The molecule has 1 aromatic heterocycles. The summed E-state index contributed by atoms with van der Waals surface area (Å²) in [4.78, 5) is 8.07. The van der Waals surface area contributed by atoms with Crippen LogP contribution in [0.25, 0.3) is 0 Å². The Morgan fingerprint density at radius 1 is 1.40 bits per heavy atom. The number of likely N-dealkylation sites (N-methyl/N-ethyl adjacent to an activating group) is 1. The average molecular weight is 301 g/mol. The lowest BCUT2D eigenvalue weighted by Crippen LogP contribution is -2.22. The Balaban J connectivity index is 2.68. The van der Waals surface area contributed by atoms with Gasteiger partial charge in [-0.2, -0.15) is 0 Å². The fourth-order valence-electron chi connectivity index (χ4n) is 1.66. The van der Waals surface area contributed by atoms with Crippen LogP contribution in [0.3, 0.4) is 0 Å². The number of aromatic nitrogens is 1. The monoisotopic (exact) mass is 301 g/mol. The van der Waals surface area contributed by atoms with Crippen LogP contribution in [0.15, 0.2) is 0 Å². The van der Waals surface area contributed by atoms with E-state index in [1.807, 2.05) is 14.0 Å². The van der Waals surface area contributed by atoms with E-state index in [1.165, 1.54) is 4.88 Å². The van der Waals surface area contributed by atoms with Crippen LogP contribution < -0.4 is 10.2 Å². The highest BCUT2D eigenvalue weighted by molar-refractivity contribution is 7.15. The third-order valence-electron chi connectivity index (χ3n) is 2.82. The molecule has 0 saturated carbocycles. The molecule has 1 aromatic rings. The van der Waals surface area contributed by atoms with E-state index in [-0.39, 0.29) is 0 Å². The molecule has 0 saturated heterocycles. The molecule has 0 aliphatic heterocycles. The molecule has 0 atom stereocenters. The normalized spacial score (nSPS) is 11.3. The molecule has 20 heavy (non-hydrogen) atoms. The standard InChI is InChI=1S/C14H27N3O2S/c1-6-19-8-7-17(4)14-16-12(10-18-5)13(20-14)9-15-11(2)3/h11,15H,6-10H2,1-5H3. The van der Waals surface area contributed by atoms with Crippen LogP contribution >= 0.6 is 11.3 Å². The Morgan fingerprint density at radius 3 is 2.75 bits per heavy atom. The first-order chi connectivity index (χ1) is 9.58. The number of thiazole rings is 1. The first-order valence-electron chi connectivity index (χ1n) is 7.08. The minimum atomic E-state index is 0.464. The van der Waals surface area contributed by atoms with E-state index in [4.69, 9.17) is 9.47 Å². The predicted octanol–water partition coefficient (Wildman–Crippen LogP) is 2.26. The number of hydrogen-bond acceptors (Lipinski definition) is 6. The fraction of sp³-hybridized carbons (Fsp3) is 0.786. The number of methoxy groups -OCH3 is 1. The van der Waals surface area contributed by atoms with E-state index in [0.717, 1.165) is 37.1 Å². The van der Waals surface area contributed by atoms with Crippen molar-refractivity contribution in [1.82, 2.24) is 10.3 Å². The van der Waals surface area contributed by atoms with Gasteiger partial charge in [-0.05, 0) is 6.92 Å². The van der Waals surface area contributed by atoms with Crippen LogP contribution in [-0.2, 0) is 22.6 Å². The summed E-state index contributed by atoms with van der Waals surface area (Å²) in [6.45, 7) is 10.0. The van der Waals surface area contributed by atoms with Crippen molar-refractivity contribution in [2.24, 2.45) is 0 Å². The highest BCUT2D eigenvalue weighted by Gasteiger charge is 2.14. The summed E-state index contributed by atoms with van der Waals surface area (Å²) in [7, 11) is 3.76. The van der Waals surface area contributed by atoms with Gasteiger partial charge in [0.05, 0.1) is 18.9 Å². The topological polar surface area (TPSA) is 46.6 Å². The quantitative estimate of drug-likeness (QED) is 0.672. The molecule has 1 N–H and O–H groups in total. The molecule has 0 spiro atoms. The maximum Gasteiger partial charge on any atom is 0.185 e. The molecule has 0 radical (unpaired) electrons. The molecule has 0 aliphatic rings. The maximum absolute atomic E-state index is 5.39. The van der Waals surface area contributed by atoms with Crippen LogP contribution in [0.5, 0.6) is 0 Å². The van der Waals surface area contributed by atoms with E-state index in [9.17, 15) is 0 Å². The molecule has 0 bridgehead atoms. The lowest BCUT2D eigenvalue weighted by Gasteiger charge is -2.15. The van der Waals surface area contributed by atoms with Gasteiger partial charge >= 0.3 is 0 Å². The average Bonchev–Trinajstić information content (AvgIpc) is 2.80. The van der Waals surface area contributed by atoms with E-state index < -0.39 is 0 Å². The number of nitrogens with zero attached hydrogens (tertiary/aromatic N) is 2. The summed E-state index contributed by atoms with van der Waals surface area (Å²) in [5, 5.41) is 4.46. The molecule has 0 fully saturated rings. The minimum Gasteiger partial charge on any atom is -0.380 e. The Labute approximate surface area is 126 Å². The zero-order valence-corrected chi connectivity index (χ0v) is 14.0. The first-order valence-corrected chi connectivity index (χ1v) is 7.89. The van der Waals surface area contributed by atoms with Crippen LogP contribution in [0.4, 0.5) is 5.13 Å². The molecule has 0 unspecified atom stereocenters. The summed E-state index contributed by atoms with van der Waals surface area (Å²) in [6.07, 6.45) is 0. The first kappa shape index (κ1) is 17.4. The Hall–Kier alpha value is -0.690. The summed E-state index contributed by atoms with van der Waals surface area (Å²) < 4.78 is 10.6. The van der Waals surface area contributed by atoms with Gasteiger partial charge in [0.1, 0.15) is 0 Å². The smallest absolute Gasteiger partial charge is 0.185 e. The number of ether oxygens (including phenoxy) is 2. The lowest BCUT2D eigenvalue weighted by molar-refractivity contribution is 0.154. The van der Waals surface area contributed by atoms with E-state index in [1.54, 1.807) is 18.4 Å². The van der Waals surface area contributed by atoms with Gasteiger partial charge in [-0.1, -0.05) is 13.8 Å². The molecule has 0 aliphatic carbocycles. The third-order valence-corrected chi connectivity index (χ3v) is 4.03. The van der Waals surface area contributed by atoms with Crippen molar-refractivity contribution in [1.29, 1.82) is 0 Å². The van der Waals surface area contributed by atoms with Gasteiger partial charge in [-0.15, -0.1) is 11.3 Å². The predicted molar refractivity (Wildman–Crippen MR) is 84.6 cm³/mol. The van der Waals surface area contributed by atoms with Crippen LogP contribution in [0, 0.1) is 0 Å². The van der Waals surface area contributed by atoms with Gasteiger partial charge in [0.2, 0.25) is 0 Å². The Morgan fingerprint density at radius 2 is 2.15 bits per heavy atom. The van der Waals surface area contributed by atoms with Gasteiger partial charge in [0, 0.05) is 44.8 Å². The Kier molecular flexibility index (Phi) is 8.06. The lowest BCUT2D eigenvalue weighted by atomic mass is 10.3. The van der Waals surface area contributed by atoms with Crippen molar-refractivity contribution in [3.05, 3.63) is 10.6 Å². The molecular formula is C14H27N3O2S. The minimum absolute atomic E-state index is 0.464. The summed E-state index contributed by atoms with van der Waals surface area (Å²) in [5.74, 6) is 0. The molecule has 0 aromatic carbocycles. The third kappa shape index (κ3) is 5.75. The van der Waals surface area contributed by atoms with Gasteiger partial charge in [-0.3, -0.25) is 0 Å². The van der Waals surface area contributed by atoms with E-state index in [2.05, 4.69) is 29.0 Å². The van der Waals surface area contributed by atoms with Crippen LogP contribution in [-0.4, -0.2) is 44.9 Å². The zero-order chi connectivity index (χ0) is 15.0. The highest BCUT2D eigenvalue weighted by atomic mass is 32.1. The van der Waals surface area contributed by atoms with Crippen molar-refractivity contribution in [2.45, 2.75) is 40.0 Å². The Bertz CT molecular complexity index is 382. The van der Waals surface area contributed by atoms with E-state index in [0.29, 0.717) is 12.6 Å². The molecule has 1 rings (SSSR count). The highest BCUT2D eigenvalue weighted by Crippen LogP contribution is 2.26. The van der Waals surface area contributed by atoms with Crippen molar-refractivity contribution >= 4 is 16.5 Å². The second-order valence-electron chi connectivity index (χ2n) is 4.95. The molecular weight excluding hydrogens is 274 g/mol. The van der Waals surface area contributed by atoms with Crippen molar-refractivity contribution in [2.75, 3.05) is 38.8 Å². The molecule has 1 heterocycles. The number of hydrogen-bond donors (Lipinski definition) is 1. The molecule has 5 nitrogen and oxygen atoms in total. The number of anilines is 1. The SMILES string of the molecule is CCOCCN(C)c1nc(COC)c(CNC(C)C)s1. The maximum atomic E-state index is 5.39. The zero-order valence-electron chi connectivity index (χ0n) is 13.2. The second kappa shape index (κ2) is 9.28. The van der Waals surface area contributed by atoms with Gasteiger partial charge < -0.3 is 19.7 Å². The van der Waals surface area contributed by atoms with Crippen molar-refractivity contribution < 1.29 is 9.47 Å². The fourth-order valence-corrected chi connectivity index (χ4v) is 2.66. The van der Waals surface area contributed by atoms with Crippen LogP contribution in [0.2, 0.25) is 0 Å². The van der Waals surface area contributed by atoms with Crippen LogP contribution in [0.1, 0.15) is 31.3 Å². The molecule has 0 amide bonds. The number of nitrogens with one attached hydrogen (secondary N) is 1. The van der Waals surface area contributed by atoms with Gasteiger partial charge in [0.25, 0.3) is 0 Å². The largest absolute Gasteiger partial charge is 0.380 e. The van der Waals surface area contributed by atoms with Crippen molar-refractivity contribution in [3.63, 3.8) is 0 Å². The summed E-state index contributed by atoms with van der Waals surface area (Å²) in [6, 6.07) is 0.464. The van der Waals surface area contributed by atoms with Gasteiger partial charge in [-0.25, -0.2) is 4.98 Å². The summed E-state index contributed by atoms with van der Waals surface area (Å²) in [5.41, 5.74) is 1.03. The molecule has 116 valence electrons. The van der Waals surface area contributed by atoms with E-state index >= 15 is 0 Å². The molecule has 6 heteroatoms. The van der Waals surface area contributed by atoms with Gasteiger partial charge in [0.15, 0.2) is 5.13 Å². The van der Waals surface area contributed by atoms with Crippen molar-refractivity contribution in [3.8, 4) is 0 Å². The second-order valence-corrected chi connectivity index (χ2v) is 6.02. The summed E-state index contributed by atoms with van der Waals surface area (Å²) >= 11 is 1.72. The number of rotatable bonds is 10.